The molecule has 0 aliphatic heterocycles. The van der Waals surface area contributed by atoms with E-state index in [0.29, 0.717) is 22.6 Å². The minimum atomic E-state index is -0.499. The van der Waals surface area contributed by atoms with Crippen LogP contribution in [-0.4, -0.2) is 40.5 Å². The molecule has 0 aliphatic rings. The van der Waals surface area contributed by atoms with Crippen LogP contribution >= 0.6 is 11.3 Å². The third-order valence-electron chi connectivity index (χ3n) is 2.89. The van der Waals surface area contributed by atoms with Crippen molar-refractivity contribution in [1.82, 2.24) is 14.9 Å². The predicted molar refractivity (Wildman–Crippen MR) is 77.8 cm³/mol. The number of H-pyrrole nitrogens is 1. The zero-order valence-electron chi connectivity index (χ0n) is 11.7. The Labute approximate surface area is 120 Å². The highest BCUT2D eigenvalue weighted by molar-refractivity contribution is 7.17. The Kier molecular flexibility index (Phi) is 4.51. The lowest BCUT2D eigenvalue weighted by molar-refractivity contribution is -0.141. The number of rotatable bonds is 5. The molecule has 2 rings (SSSR count). The summed E-state index contributed by atoms with van der Waals surface area (Å²) >= 11 is 1.35. The summed E-state index contributed by atoms with van der Waals surface area (Å²) in [7, 11) is 1.66. The van der Waals surface area contributed by atoms with Crippen LogP contribution in [0.1, 0.15) is 19.7 Å². The second-order valence-corrected chi connectivity index (χ2v) is 5.36. The lowest BCUT2D eigenvalue weighted by Gasteiger charge is -2.20. The van der Waals surface area contributed by atoms with E-state index in [1.54, 1.807) is 20.0 Å². The molecule has 0 aromatic carbocycles. The van der Waals surface area contributed by atoms with Gasteiger partial charge in [-0.3, -0.25) is 9.59 Å². The topological polar surface area (TPSA) is 75.3 Å². The predicted octanol–water partition coefficient (Wildman–Crippen LogP) is 1.37. The van der Waals surface area contributed by atoms with E-state index in [9.17, 15) is 9.59 Å². The number of aromatic amines is 1. The molecular formula is C13H17N3O3S. The number of amides is 1. The first-order valence-corrected chi connectivity index (χ1v) is 7.24. The Morgan fingerprint density at radius 3 is 3.05 bits per heavy atom. The maximum absolute atomic E-state index is 12.0. The van der Waals surface area contributed by atoms with Crippen molar-refractivity contribution in [2.24, 2.45) is 0 Å². The number of ether oxygens (including phenoxy) is 1. The highest BCUT2D eigenvalue weighted by Gasteiger charge is 2.18. The summed E-state index contributed by atoms with van der Waals surface area (Å²) in [5.74, 6) is 0.334. The van der Waals surface area contributed by atoms with E-state index in [1.165, 1.54) is 16.2 Å². The van der Waals surface area contributed by atoms with E-state index in [-0.39, 0.29) is 18.0 Å². The smallest absolute Gasteiger partial charge is 0.268 e. The average molecular weight is 295 g/mol. The second kappa shape index (κ2) is 6.15. The van der Waals surface area contributed by atoms with Gasteiger partial charge in [0.2, 0.25) is 0 Å². The fourth-order valence-corrected chi connectivity index (χ4v) is 2.66. The monoisotopic (exact) mass is 295 g/mol. The van der Waals surface area contributed by atoms with E-state index >= 15 is 0 Å². The molecule has 2 heterocycles. The van der Waals surface area contributed by atoms with E-state index in [0.717, 1.165) is 0 Å². The van der Waals surface area contributed by atoms with Gasteiger partial charge in [0.15, 0.2) is 0 Å². The lowest BCUT2D eigenvalue weighted by Crippen LogP contribution is -2.36. The number of fused-ring (bicyclic) bond motifs is 1. The van der Waals surface area contributed by atoms with Crippen LogP contribution in [0.15, 0.2) is 16.2 Å². The molecule has 2 aromatic heterocycles. The first-order valence-electron chi connectivity index (χ1n) is 6.36. The summed E-state index contributed by atoms with van der Waals surface area (Å²) in [6.07, 6.45) is -0.499. The lowest BCUT2D eigenvalue weighted by atomic mass is 10.3. The molecule has 0 saturated carbocycles. The molecule has 2 aromatic rings. The van der Waals surface area contributed by atoms with Crippen LogP contribution in [0.25, 0.3) is 10.2 Å². The van der Waals surface area contributed by atoms with Crippen molar-refractivity contribution in [3.63, 3.8) is 0 Å². The minimum Gasteiger partial charge on any atom is -0.369 e. The van der Waals surface area contributed by atoms with Crippen molar-refractivity contribution in [3.8, 4) is 0 Å². The van der Waals surface area contributed by atoms with E-state index < -0.39 is 6.10 Å². The van der Waals surface area contributed by atoms with Crippen LogP contribution < -0.4 is 5.56 Å². The maximum atomic E-state index is 12.0. The zero-order chi connectivity index (χ0) is 14.7. The van der Waals surface area contributed by atoms with Gasteiger partial charge in [0.1, 0.15) is 16.6 Å². The summed E-state index contributed by atoms with van der Waals surface area (Å²) in [4.78, 5) is 32.4. The quantitative estimate of drug-likeness (QED) is 0.904. The van der Waals surface area contributed by atoms with Gasteiger partial charge in [0.05, 0.1) is 12.1 Å². The number of hydrogen-bond donors (Lipinski definition) is 1. The Bertz CT molecular complexity index is 664. The van der Waals surface area contributed by atoms with E-state index in [1.807, 2.05) is 12.3 Å². The van der Waals surface area contributed by atoms with Gasteiger partial charge in [-0.15, -0.1) is 11.3 Å². The molecule has 0 radical (unpaired) electrons. The number of nitrogens with one attached hydrogen (secondary N) is 1. The molecule has 1 atom stereocenters. The Morgan fingerprint density at radius 2 is 2.35 bits per heavy atom. The van der Waals surface area contributed by atoms with Gasteiger partial charge in [-0.1, -0.05) is 0 Å². The van der Waals surface area contributed by atoms with Crippen LogP contribution in [0, 0.1) is 0 Å². The minimum absolute atomic E-state index is 0.139. The third kappa shape index (κ3) is 3.05. The average Bonchev–Trinajstić information content (AvgIpc) is 2.86. The summed E-state index contributed by atoms with van der Waals surface area (Å²) in [5, 5.41) is 1.82. The maximum Gasteiger partial charge on any atom is 0.268 e. The molecule has 1 N–H and O–H groups in total. The molecule has 7 heteroatoms. The highest BCUT2D eigenvalue weighted by Crippen LogP contribution is 2.14. The highest BCUT2D eigenvalue weighted by atomic mass is 32.1. The molecular weight excluding hydrogens is 278 g/mol. The van der Waals surface area contributed by atoms with Crippen molar-refractivity contribution in [1.29, 1.82) is 0 Å². The molecule has 108 valence electrons. The normalized spacial score (nSPS) is 12.6. The Hall–Kier alpha value is -1.73. The first kappa shape index (κ1) is 14.7. The van der Waals surface area contributed by atoms with Crippen molar-refractivity contribution in [2.75, 3.05) is 13.7 Å². The van der Waals surface area contributed by atoms with Gasteiger partial charge in [-0.05, 0) is 25.3 Å². The van der Waals surface area contributed by atoms with Gasteiger partial charge in [0.25, 0.3) is 11.5 Å². The van der Waals surface area contributed by atoms with Gasteiger partial charge in [-0.2, -0.15) is 0 Å². The summed E-state index contributed by atoms with van der Waals surface area (Å²) in [6, 6.07) is 1.80. The van der Waals surface area contributed by atoms with Gasteiger partial charge < -0.3 is 14.6 Å². The van der Waals surface area contributed by atoms with Crippen molar-refractivity contribution < 1.29 is 9.53 Å². The Morgan fingerprint density at radius 1 is 1.60 bits per heavy atom. The summed E-state index contributed by atoms with van der Waals surface area (Å²) in [6.45, 7) is 4.28. The number of aromatic nitrogens is 2. The van der Waals surface area contributed by atoms with E-state index in [2.05, 4.69) is 9.97 Å². The number of thiophene rings is 1. The first-order chi connectivity index (χ1) is 9.52. The summed E-state index contributed by atoms with van der Waals surface area (Å²) in [5.41, 5.74) is 0.492. The van der Waals surface area contributed by atoms with Crippen molar-refractivity contribution in [3.05, 3.63) is 27.6 Å². The number of hydrogen-bond acceptors (Lipinski definition) is 5. The van der Waals surface area contributed by atoms with Gasteiger partial charge in [0, 0.05) is 13.7 Å². The number of carbonyl (C=O) groups excluding carboxylic acids is 1. The van der Waals surface area contributed by atoms with Crippen LogP contribution in [0.2, 0.25) is 0 Å². The van der Waals surface area contributed by atoms with Crippen LogP contribution in [-0.2, 0) is 16.1 Å². The van der Waals surface area contributed by atoms with Crippen LogP contribution in [0.5, 0.6) is 0 Å². The van der Waals surface area contributed by atoms with Crippen molar-refractivity contribution >= 4 is 27.5 Å². The Balaban J connectivity index is 2.15. The summed E-state index contributed by atoms with van der Waals surface area (Å²) < 4.78 is 5.86. The fraction of sp³-hybridized carbons (Fsp3) is 0.462. The molecule has 1 unspecified atom stereocenters. The largest absolute Gasteiger partial charge is 0.369 e. The molecule has 20 heavy (non-hydrogen) atoms. The second-order valence-electron chi connectivity index (χ2n) is 4.44. The molecule has 0 fully saturated rings. The molecule has 6 nitrogen and oxygen atoms in total. The number of carbonyl (C=O) groups is 1. The molecule has 0 spiro atoms. The zero-order valence-corrected chi connectivity index (χ0v) is 12.5. The van der Waals surface area contributed by atoms with E-state index in [4.69, 9.17) is 4.74 Å². The molecule has 0 saturated heterocycles. The number of likely N-dealkylation sites (N-methyl/N-ethyl adjacent to an activating group) is 1. The number of nitrogens with zero attached hydrogens (tertiary/aromatic N) is 2. The molecule has 0 aliphatic carbocycles. The van der Waals surface area contributed by atoms with Crippen molar-refractivity contribution in [2.45, 2.75) is 26.5 Å². The third-order valence-corrected chi connectivity index (χ3v) is 3.79. The fourth-order valence-electron chi connectivity index (χ4n) is 1.93. The van der Waals surface area contributed by atoms with Crippen LogP contribution in [0.4, 0.5) is 0 Å². The SMILES string of the molecule is CCOC(C)C(=O)N(C)Cc1nc2ccsc2c(=O)[nH]1. The molecule has 0 bridgehead atoms. The molecule has 1 amide bonds. The standard InChI is InChI=1S/C13H17N3O3S/c1-4-19-8(2)13(18)16(3)7-10-14-9-5-6-20-11(9)12(17)15-10/h5-6,8H,4,7H2,1-3H3,(H,14,15,17). The van der Waals surface area contributed by atoms with Gasteiger partial charge >= 0.3 is 0 Å². The van der Waals surface area contributed by atoms with Crippen LogP contribution in [0.3, 0.4) is 0 Å². The van der Waals surface area contributed by atoms with Gasteiger partial charge in [-0.25, -0.2) is 4.98 Å².